The maximum Gasteiger partial charge on any atom is 0.277 e. The van der Waals surface area contributed by atoms with Gasteiger partial charge < -0.3 is 8.98 Å². The lowest BCUT2D eigenvalue weighted by atomic mass is 10.2. The quantitative estimate of drug-likeness (QED) is 0.472. The van der Waals surface area contributed by atoms with Crippen LogP contribution in [0.4, 0.5) is 0 Å². The van der Waals surface area contributed by atoms with Crippen LogP contribution in [0.25, 0.3) is 11.5 Å². The van der Waals surface area contributed by atoms with Gasteiger partial charge in [-0.2, -0.15) is 0 Å². The smallest absolute Gasteiger partial charge is 0.277 e. The van der Waals surface area contributed by atoms with Crippen LogP contribution in [0.15, 0.2) is 40.2 Å². The van der Waals surface area contributed by atoms with Crippen molar-refractivity contribution in [3.05, 3.63) is 47.5 Å². The van der Waals surface area contributed by atoms with E-state index in [0.717, 1.165) is 35.5 Å². The van der Waals surface area contributed by atoms with Crippen molar-refractivity contribution in [2.24, 2.45) is 0 Å². The van der Waals surface area contributed by atoms with Crippen LogP contribution in [-0.4, -0.2) is 31.3 Å². The van der Waals surface area contributed by atoms with E-state index in [1.807, 2.05) is 32.0 Å². The highest BCUT2D eigenvalue weighted by Gasteiger charge is 2.17. The minimum Gasteiger partial charge on any atom is -0.411 e. The lowest BCUT2D eigenvalue weighted by molar-refractivity contribution is 0.102. The van der Waals surface area contributed by atoms with Crippen molar-refractivity contribution in [1.29, 1.82) is 0 Å². The molecule has 0 aliphatic carbocycles. The van der Waals surface area contributed by atoms with Gasteiger partial charge in [0.1, 0.15) is 0 Å². The first kappa shape index (κ1) is 17.4. The number of hydrogen-bond acceptors (Lipinski definition) is 6. The second kappa shape index (κ2) is 7.65. The molecular weight excluding hydrogens is 336 g/mol. The second-order valence-electron chi connectivity index (χ2n) is 5.76. The maximum atomic E-state index is 12.6. The lowest BCUT2D eigenvalue weighted by Crippen LogP contribution is -2.06. The summed E-state index contributed by atoms with van der Waals surface area (Å²) >= 11 is 1.26. The summed E-state index contributed by atoms with van der Waals surface area (Å²) in [5.41, 5.74) is 3.66. The number of carbonyl (C=O) groups is 1. The largest absolute Gasteiger partial charge is 0.411 e. The number of carbonyl (C=O) groups excluding carboxylic acids is 1. The summed E-state index contributed by atoms with van der Waals surface area (Å²) in [7, 11) is 0. The molecule has 0 aromatic carbocycles. The normalized spacial score (nSPS) is 11.0. The second-order valence-corrected chi connectivity index (χ2v) is 6.69. The van der Waals surface area contributed by atoms with Gasteiger partial charge in [0, 0.05) is 35.9 Å². The molecule has 0 bridgehead atoms. The summed E-state index contributed by atoms with van der Waals surface area (Å²) in [5.74, 6) is 0.746. The molecular formula is C18H20N4O2S. The number of rotatable bonds is 7. The SMILES string of the molecule is CCCn1c(C)cc(C(=O)CSc2nnc(-c3cccnc3)o2)c1C. The fraction of sp³-hybridized carbons (Fsp3) is 0.333. The van der Waals surface area contributed by atoms with E-state index < -0.39 is 0 Å². The summed E-state index contributed by atoms with van der Waals surface area (Å²) in [6.45, 7) is 7.08. The first-order valence-corrected chi connectivity index (χ1v) is 9.15. The zero-order valence-corrected chi connectivity index (χ0v) is 15.3. The van der Waals surface area contributed by atoms with E-state index in [1.165, 1.54) is 11.8 Å². The molecule has 3 heterocycles. The third kappa shape index (κ3) is 3.82. The third-order valence-electron chi connectivity index (χ3n) is 3.96. The van der Waals surface area contributed by atoms with E-state index in [-0.39, 0.29) is 11.5 Å². The fourth-order valence-corrected chi connectivity index (χ4v) is 3.38. The maximum absolute atomic E-state index is 12.6. The Balaban J connectivity index is 1.67. The zero-order valence-electron chi connectivity index (χ0n) is 14.5. The molecule has 25 heavy (non-hydrogen) atoms. The van der Waals surface area contributed by atoms with Crippen molar-refractivity contribution in [1.82, 2.24) is 19.7 Å². The molecule has 7 heteroatoms. The van der Waals surface area contributed by atoms with Crippen molar-refractivity contribution in [3.63, 3.8) is 0 Å². The van der Waals surface area contributed by atoms with Gasteiger partial charge in [-0.05, 0) is 38.5 Å². The monoisotopic (exact) mass is 356 g/mol. The van der Waals surface area contributed by atoms with Gasteiger partial charge in [-0.15, -0.1) is 10.2 Å². The molecule has 0 saturated carbocycles. The fourth-order valence-electron chi connectivity index (χ4n) is 2.73. The number of pyridine rings is 1. The predicted octanol–water partition coefficient (Wildman–Crippen LogP) is 3.93. The number of hydrogen-bond donors (Lipinski definition) is 0. The number of aryl methyl sites for hydroxylation is 1. The molecule has 0 radical (unpaired) electrons. The highest BCUT2D eigenvalue weighted by atomic mass is 32.2. The topological polar surface area (TPSA) is 73.8 Å². The van der Waals surface area contributed by atoms with Gasteiger partial charge in [0.15, 0.2) is 5.78 Å². The van der Waals surface area contributed by atoms with Gasteiger partial charge in [-0.1, -0.05) is 18.7 Å². The van der Waals surface area contributed by atoms with Gasteiger partial charge in [-0.3, -0.25) is 9.78 Å². The molecule has 3 aromatic rings. The van der Waals surface area contributed by atoms with Crippen LogP contribution in [0, 0.1) is 13.8 Å². The van der Waals surface area contributed by atoms with Crippen LogP contribution < -0.4 is 0 Å². The number of aromatic nitrogens is 4. The molecule has 6 nitrogen and oxygen atoms in total. The Morgan fingerprint density at radius 2 is 2.16 bits per heavy atom. The van der Waals surface area contributed by atoms with E-state index >= 15 is 0 Å². The van der Waals surface area contributed by atoms with Crippen LogP contribution in [-0.2, 0) is 6.54 Å². The molecule has 0 saturated heterocycles. The van der Waals surface area contributed by atoms with Crippen LogP contribution in [0.1, 0.15) is 35.1 Å². The molecule has 0 atom stereocenters. The van der Waals surface area contributed by atoms with Crippen molar-refractivity contribution in [3.8, 4) is 11.5 Å². The number of ketones is 1. The third-order valence-corrected chi connectivity index (χ3v) is 4.78. The summed E-state index contributed by atoms with van der Waals surface area (Å²) in [4.78, 5) is 16.6. The van der Waals surface area contributed by atoms with Crippen LogP contribution in [0.5, 0.6) is 0 Å². The highest BCUT2D eigenvalue weighted by molar-refractivity contribution is 7.99. The van der Waals surface area contributed by atoms with E-state index in [1.54, 1.807) is 12.4 Å². The van der Waals surface area contributed by atoms with E-state index in [0.29, 0.717) is 11.1 Å². The zero-order chi connectivity index (χ0) is 17.8. The summed E-state index contributed by atoms with van der Waals surface area (Å²) < 4.78 is 7.78. The molecule has 0 N–H and O–H groups in total. The average Bonchev–Trinajstić information content (AvgIpc) is 3.21. The molecule has 0 unspecified atom stereocenters. The molecule has 3 rings (SSSR count). The van der Waals surface area contributed by atoms with Gasteiger partial charge in [0.25, 0.3) is 5.22 Å². The van der Waals surface area contributed by atoms with Gasteiger partial charge in [0.2, 0.25) is 5.89 Å². The van der Waals surface area contributed by atoms with Gasteiger partial charge >= 0.3 is 0 Å². The first-order valence-electron chi connectivity index (χ1n) is 8.16. The van der Waals surface area contributed by atoms with E-state index in [2.05, 4.69) is 26.7 Å². The van der Waals surface area contributed by atoms with E-state index in [4.69, 9.17) is 4.42 Å². The minimum atomic E-state index is 0.0709. The standard InChI is InChI=1S/C18H20N4O2S/c1-4-8-22-12(2)9-15(13(22)3)16(23)11-25-18-21-20-17(24-18)14-6-5-7-19-10-14/h5-7,9-10H,4,8,11H2,1-3H3. The molecule has 130 valence electrons. The summed E-state index contributed by atoms with van der Waals surface area (Å²) in [6.07, 6.45) is 4.39. The molecule has 0 aliphatic rings. The van der Waals surface area contributed by atoms with Crippen molar-refractivity contribution >= 4 is 17.5 Å². The molecule has 3 aromatic heterocycles. The Bertz CT molecular complexity index is 871. The number of Topliss-reactive ketones (excluding diaryl/α,β-unsaturated/α-hetero) is 1. The Kier molecular flexibility index (Phi) is 5.33. The Labute approximate surface area is 150 Å². The Hall–Kier alpha value is -2.41. The van der Waals surface area contributed by atoms with Crippen molar-refractivity contribution < 1.29 is 9.21 Å². The summed E-state index contributed by atoms with van der Waals surface area (Å²) in [5, 5.41) is 8.38. The van der Waals surface area contributed by atoms with Crippen molar-refractivity contribution in [2.45, 2.75) is 39.0 Å². The predicted molar refractivity (Wildman–Crippen MR) is 96.8 cm³/mol. The van der Waals surface area contributed by atoms with Crippen LogP contribution in [0.3, 0.4) is 0 Å². The molecule has 0 aliphatic heterocycles. The molecule has 0 spiro atoms. The number of nitrogens with zero attached hydrogens (tertiary/aromatic N) is 4. The Morgan fingerprint density at radius 3 is 2.88 bits per heavy atom. The van der Waals surface area contributed by atoms with E-state index in [9.17, 15) is 4.79 Å². The molecule has 0 fully saturated rings. The van der Waals surface area contributed by atoms with Gasteiger partial charge in [0.05, 0.1) is 11.3 Å². The molecule has 0 amide bonds. The average molecular weight is 356 g/mol. The van der Waals surface area contributed by atoms with Crippen LogP contribution >= 0.6 is 11.8 Å². The highest BCUT2D eigenvalue weighted by Crippen LogP contribution is 2.24. The van der Waals surface area contributed by atoms with Gasteiger partial charge in [-0.25, -0.2) is 0 Å². The Morgan fingerprint density at radius 1 is 1.32 bits per heavy atom. The van der Waals surface area contributed by atoms with Crippen LogP contribution in [0.2, 0.25) is 0 Å². The number of thioether (sulfide) groups is 1. The lowest BCUT2D eigenvalue weighted by Gasteiger charge is -2.07. The first-order chi connectivity index (χ1) is 12.1. The summed E-state index contributed by atoms with van der Waals surface area (Å²) in [6, 6.07) is 5.62. The minimum absolute atomic E-state index is 0.0709. The van der Waals surface area contributed by atoms with Crippen molar-refractivity contribution in [2.75, 3.05) is 5.75 Å².